The maximum absolute atomic E-state index is 11.7. The summed E-state index contributed by atoms with van der Waals surface area (Å²) < 4.78 is 0. The summed E-state index contributed by atoms with van der Waals surface area (Å²) in [4.78, 5) is 41.6. The average molecular weight is 326 g/mol. The van der Waals surface area contributed by atoms with Gasteiger partial charge in [-0.05, 0) is 27.2 Å². The summed E-state index contributed by atoms with van der Waals surface area (Å²) >= 11 is 1.08. The molecule has 0 aliphatic carbocycles. The van der Waals surface area contributed by atoms with Crippen LogP contribution in [0.1, 0.15) is 39.8 Å². The highest BCUT2D eigenvalue weighted by Gasteiger charge is 2.16. The third-order valence-electron chi connectivity index (χ3n) is 2.36. The van der Waals surface area contributed by atoms with Crippen molar-refractivity contribution in [2.24, 2.45) is 0 Å². The molecule has 0 spiro atoms. The minimum Gasteiger partial charge on any atom is -0.333 e. The van der Waals surface area contributed by atoms with Crippen LogP contribution in [0.3, 0.4) is 0 Å². The number of thioether (sulfide) groups is 1. The van der Waals surface area contributed by atoms with Crippen molar-refractivity contribution in [3.8, 4) is 0 Å². The van der Waals surface area contributed by atoms with Gasteiger partial charge in [-0.1, -0.05) is 25.1 Å². The fourth-order valence-corrected chi connectivity index (χ4v) is 2.30. The van der Waals surface area contributed by atoms with Gasteiger partial charge in [0, 0.05) is 17.3 Å². The maximum Gasteiger partial charge on any atom is 0.321 e. The van der Waals surface area contributed by atoms with Crippen LogP contribution < -0.4 is 16.2 Å². The first-order chi connectivity index (χ1) is 10.2. The highest BCUT2D eigenvalue weighted by Crippen LogP contribution is 2.11. The molecule has 3 N–H and O–H groups in total. The Kier molecular flexibility index (Phi) is 6.61. The molecule has 0 saturated carbocycles. The second kappa shape index (κ2) is 7.98. The zero-order valence-corrected chi connectivity index (χ0v) is 14.1. The van der Waals surface area contributed by atoms with E-state index in [9.17, 15) is 14.4 Å². The second-order valence-electron chi connectivity index (χ2n) is 5.83. The van der Waals surface area contributed by atoms with Crippen molar-refractivity contribution in [3.05, 3.63) is 22.1 Å². The number of rotatable bonds is 5. The van der Waals surface area contributed by atoms with E-state index in [4.69, 9.17) is 0 Å². The first kappa shape index (κ1) is 18.2. The van der Waals surface area contributed by atoms with Crippen LogP contribution >= 0.6 is 11.8 Å². The van der Waals surface area contributed by atoms with E-state index in [-0.39, 0.29) is 11.3 Å². The van der Waals surface area contributed by atoms with Crippen molar-refractivity contribution in [1.29, 1.82) is 0 Å². The lowest BCUT2D eigenvalue weighted by Gasteiger charge is -2.20. The Morgan fingerprint density at radius 2 is 2.05 bits per heavy atom. The molecule has 0 aromatic carbocycles. The number of amides is 3. The van der Waals surface area contributed by atoms with Crippen LogP contribution in [0.4, 0.5) is 4.79 Å². The number of nitrogens with one attached hydrogen (secondary N) is 3. The molecule has 0 fully saturated rings. The van der Waals surface area contributed by atoms with Gasteiger partial charge >= 0.3 is 6.03 Å². The van der Waals surface area contributed by atoms with E-state index < -0.39 is 17.5 Å². The smallest absolute Gasteiger partial charge is 0.321 e. The minimum absolute atomic E-state index is 0.00389. The van der Waals surface area contributed by atoms with E-state index >= 15 is 0 Å². The van der Waals surface area contributed by atoms with Gasteiger partial charge in [0.1, 0.15) is 0 Å². The van der Waals surface area contributed by atoms with Crippen LogP contribution in [0, 0.1) is 0 Å². The molecule has 7 nitrogen and oxygen atoms in total. The van der Waals surface area contributed by atoms with E-state index in [1.54, 1.807) is 0 Å². The highest BCUT2D eigenvalue weighted by molar-refractivity contribution is 7.99. The van der Waals surface area contributed by atoms with Gasteiger partial charge in [0.25, 0.3) is 5.56 Å². The Balaban J connectivity index is 2.54. The molecule has 0 aliphatic heterocycles. The lowest BCUT2D eigenvalue weighted by Crippen LogP contribution is -2.48. The van der Waals surface area contributed by atoms with Crippen molar-refractivity contribution in [3.63, 3.8) is 0 Å². The predicted octanol–water partition coefficient (Wildman–Crippen LogP) is 1.44. The molecule has 1 aromatic heterocycles. The van der Waals surface area contributed by atoms with Gasteiger partial charge < -0.3 is 10.3 Å². The van der Waals surface area contributed by atoms with Crippen molar-refractivity contribution >= 4 is 23.7 Å². The minimum atomic E-state index is -0.542. The standard InChI is InChI=1S/C14H22N4O3S/c1-5-6-9-7-10(19)17-13(15-9)22-8-11(20)16-12(21)18-14(2,3)4/h7H,5-6,8H2,1-4H3,(H,15,17,19)(H2,16,18,20,21). The molecular formula is C14H22N4O3S. The van der Waals surface area contributed by atoms with Crippen LogP contribution in [-0.4, -0.2) is 33.2 Å². The Labute approximate surface area is 133 Å². The number of aromatic amines is 1. The fraction of sp³-hybridized carbons (Fsp3) is 0.571. The van der Waals surface area contributed by atoms with Gasteiger partial charge in [0.05, 0.1) is 5.75 Å². The summed E-state index contributed by atoms with van der Waals surface area (Å²) in [5.74, 6) is -0.453. The third-order valence-corrected chi connectivity index (χ3v) is 3.23. The van der Waals surface area contributed by atoms with Crippen LogP contribution in [-0.2, 0) is 11.2 Å². The van der Waals surface area contributed by atoms with Crippen LogP contribution in [0.25, 0.3) is 0 Å². The monoisotopic (exact) mass is 326 g/mol. The summed E-state index contributed by atoms with van der Waals surface area (Å²) in [6.45, 7) is 7.45. The number of aromatic nitrogens is 2. The van der Waals surface area contributed by atoms with Gasteiger partial charge in [-0.15, -0.1) is 0 Å². The largest absolute Gasteiger partial charge is 0.333 e. The number of urea groups is 1. The summed E-state index contributed by atoms with van der Waals surface area (Å²) in [5, 5.41) is 5.24. The molecule has 0 saturated heterocycles. The molecule has 1 rings (SSSR count). The number of aryl methyl sites for hydroxylation is 1. The normalized spacial score (nSPS) is 11.1. The van der Waals surface area contributed by atoms with Crippen LogP contribution in [0.15, 0.2) is 16.0 Å². The molecule has 3 amide bonds. The third kappa shape index (κ3) is 7.26. The van der Waals surface area contributed by atoms with Gasteiger partial charge in [0.15, 0.2) is 5.16 Å². The summed E-state index contributed by atoms with van der Waals surface area (Å²) in [7, 11) is 0. The van der Waals surface area contributed by atoms with Crippen molar-refractivity contribution in [2.45, 2.75) is 51.2 Å². The summed E-state index contributed by atoms with van der Waals surface area (Å²) in [6, 6.07) is 0.906. The Morgan fingerprint density at radius 3 is 2.64 bits per heavy atom. The number of H-pyrrole nitrogens is 1. The van der Waals surface area contributed by atoms with Gasteiger partial charge in [0.2, 0.25) is 5.91 Å². The van der Waals surface area contributed by atoms with E-state index in [1.807, 2.05) is 27.7 Å². The van der Waals surface area contributed by atoms with E-state index in [2.05, 4.69) is 20.6 Å². The SMILES string of the molecule is CCCc1cc(=O)[nH]c(SCC(=O)NC(=O)NC(C)(C)C)n1. The maximum atomic E-state index is 11.7. The zero-order valence-electron chi connectivity index (χ0n) is 13.3. The first-order valence-electron chi connectivity index (χ1n) is 7.04. The number of imide groups is 1. The Bertz CT molecular complexity index is 592. The molecule has 8 heteroatoms. The Morgan fingerprint density at radius 1 is 1.36 bits per heavy atom. The van der Waals surface area contributed by atoms with Gasteiger partial charge in [-0.25, -0.2) is 9.78 Å². The first-order valence-corrected chi connectivity index (χ1v) is 8.03. The molecule has 1 heterocycles. The lowest BCUT2D eigenvalue weighted by molar-refractivity contribution is -0.117. The van der Waals surface area contributed by atoms with Gasteiger partial charge in [-0.2, -0.15) is 0 Å². The van der Waals surface area contributed by atoms with Crippen LogP contribution in [0.5, 0.6) is 0 Å². The molecule has 0 unspecified atom stereocenters. The number of nitrogens with zero attached hydrogens (tertiary/aromatic N) is 1. The average Bonchev–Trinajstić information content (AvgIpc) is 2.33. The fourth-order valence-electron chi connectivity index (χ4n) is 1.60. The quantitative estimate of drug-likeness (QED) is 0.561. The molecular weight excluding hydrogens is 304 g/mol. The second-order valence-corrected chi connectivity index (χ2v) is 6.80. The topological polar surface area (TPSA) is 104 Å². The molecule has 0 aliphatic rings. The van der Waals surface area contributed by atoms with E-state index in [1.165, 1.54) is 6.07 Å². The molecule has 0 bridgehead atoms. The highest BCUT2D eigenvalue weighted by atomic mass is 32.2. The number of hydrogen-bond donors (Lipinski definition) is 3. The van der Waals surface area contributed by atoms with Gasteiger partial charge in [-0.3, -0.25) is 14.9 Å². The predicted molar refractivity (Wildman–Crippen MR) is 86.0 cm³/mol. The van der Waals surface area contributed by atoms with Crippen LogP contribution in [0.2, 0.25) is 0 Å². The molecule has 1 aromatic rings. The molecule has 122 valence electrons. The van der Waals surface area contributed by atoms with E-state index in [0.29, 0.717) is 17.3 Å². The molecule has 0 radical (unpaired) electrons. The summed E-state index contributed by atoms with van der Waals surface area (Å²) in [6.07, 6.45) is 1.59. The number of carbonyl (C=O) groups excluding carboxylic acids is 2. The molecule has 0 atom stereocenters. The van der Waals surface area contributed by atoms with Crippen molar-refractivity contribution in [2.75, 3.05) is 5.75 Å². The van der Waals surface area contributed by atoms with E-state index in [0.717, 1.165) is 18.2 Å². The lowest BCUT2D eigenvalue weighted by atomic mass is 10.1. The van der Waals surface area contributed by atoms with Crippen molar-refractivity contribution in [1.82, 2.24) is 20.6 Å². The number of carbonyl (C=O) groups is 2. The van der Waals surface area contributed by atoms with Crippen molar-refractivity contribution < 1.29 is 9.59 Å². The number of hydrogen-bond acceptors (Lipinski definition) is 5. The Hall–Kier alpha value is -1.83. The molecule has 22 heavy (non-hydrogen) atoms. The zero-order chi connectivity index (χ0) is 16.8. The summed E-state index contributed by atoms with van der Waals surface area (Å²) in [5.41, 5.74) is 0.0326.